The van der Waals surface area contributed by atoms with Crippen LogP contribution >= 0.6 is 0 Å². The molecule has 0 spiro atoms. The topological polar surface area (TPSA) is 32.3 Å². The number of fused-ring (bicyclic) bond motifs is 1. The van der Waals surface area contributed by atoms with E-state index in [1.807, 2.05) is 12.1 Å². The molecule has 1 saturated carbocycles. The van der Waals surface area contributed by atoms with Gasteiger partial charge in [-0.2, -0.15) is 0 Å². The van der Waals surface area contributed by atoms with E-state index >= 15 is 0 Å². The van der Waals surface area contributed by atoms with Gasteiger partial charge in [0.1, 0.15) is 5.75 Å². The van der Waals surface area contributed by atoms with Gasteiger partial charge in [0.2, 0.25) is 0 Å². The minimum atomic E-state index is 0.404. The van der Waals surface area contributed by atoms with E-state index in [0.29, 0.717) is 17.8 Å². The number of aryl methyl sites for hydroxylation is 1. The summed E-state index contributed by atoms with van der Waals surface area (Å²) in [5.41, 5.74) is 2.74. The highest BCUT2D eigenvalue weighted by Gasteiger charge is 2.26. The lowest BCUT2D eigenvalue weighted by Gasteiger charge is -2.27. The number of hydrogen-bond acceptors (Lipinski definition) is 2. The van der Waals surface area contributed by atoms with Crippen LogP contribution in [0.5, 0.6) is 5.75 Å². The molecule has 3 rings (SSSR count). The molecule has 0 amide bonds. The van der Waals surface area contributed by atoms with Gasteiger partial charge in [-0.25, -0.2) is 0 Å². The second kappa shape index (κ2) is 6.17. The smallest absolute Gasteiger partial charge is 0.115 e. The van der Waals surface area contributed by atoms with Crippen molar-refractivity contribution in [1.29, 1.82) is 0 Å². The fourth-order valence-electron chi connectivity index (χ4n) is 4.04. The molecule has 0 heterocycles. The van der Waals surface area contributed by atoms with Gasteiger partial charge < -0.3 is 10.4 Å². The molecule has 1 unspecified atom stereocenters. The summed E-state index contributed by atoms with van der Waals surface area (Å²) < 4.78 is 0. The van der Waals surface area contributed by atoms with E-state index in [4.69, 9.17) is 0 Å². The van der Waals surface area contributed by atoms with E-state index in [1.54, 1.807) is 0 Å². The first-order chi connectivity index (χ1) is 9.74. The van der Waals surface area contributed by atoms with Gasteiger partial charge in [0.05, 0.1) is 0 Å². The van der Waals surface area contributed by atoms with Crippen LogP contribution in [0.25, 0.3) is 0 Å². The van der Waals surface area contributed by atoms with Crippen molar-refractivity contribution in [3.8, 4) is 5.75 Å². The highest BCUT2D eigenvalue weighted by molar-refractivity contribution is 5.40. The van der Waals surface area contributed by atoms with E-state index < -0.39 is 0 Å². The second-order valence-corrected chi connectivity index (χ2v) is 6.68. The molecule has 2 N–H and O–H groups in total. The molecule has 2 atom stereocenters. The normalized spacial score (nSPS) is 25.1. The van der Waals surface area contributed by atoms with Crippen molar-refractivity contribution in [1.82, 2.24) is 5.32 Å². The fourth-order valence-corrected chi connectivity index (χ4v) is 4.04. The van der Waals surface area contributed by atoms with Crippen molar-refractivity contribution in [3.63, 3.8) is 0 Å². The predicted octanol–water partition coefficient (Wildman–Crippen LogP) is 4.33. The first-order valence-corrected chi connectivity index (χ1v) is 8.32. The molecule has 0 aromatic heterocycles. The number of nitrogens with one attached hydrogen (secondary N) is 1. The largest absolute Gasteiger partial charge is 0.508 e. The minimum Gasteiger partial charge on any atom is -0.508 e. The van der Waals surface area contributed by atoms with E-state index in [2.05, 4.69) is 18.3 Å². The third kappa shape index (κ3) is 3.01. The Hall–Kier alpha value is -1.02. The molecule has 1 aromatic rings. The summed E-state index contributed by atoms with van der Waals surface area (Å²) in [5, 5.41) is 13.4. The van der Waals surface area contributed by atoms with Crippen molar-refractivity contribution in [2.45, 2.75) is 70.4 Å². The van der Waals surface area contributed by atoms with Crippen molar-refractivity contribution in [3.05, 3.63) is 29.3 Å². The number of phenols is 1. The number of aromatic hydroxyl groups is 1. The summed E-state index contributed by atoms with van der Waals surface area (Å²) >= 11 is 0. The summed E-state index contributed by atoms with van der Waals surface area (Å²) in [6, 6.07) is 6.97. The van der Waals surface area contributed by atoms with Gasteiger partial charge in [-0.05, 0) is 61.8 Å². The molecule has 20 heavy (non-hydrogen) atoms. The summed E-state index contributed by atoms with van der Waals surface area (Å²) in [4.78, 5) is 0. The van der Waals surface area contributed by atoms with E-state index in [0.717, 1.165) is 12.3 Å². The van der Waals surface area contributed by atoms with Crippen LogP contribution < -0.4 is 5.32 Å². The zero-order valence-electron chi connectivity index (χ0n) is 12.6. The van der Waals surface area contributed by atoms with Gasteiger partial charge in [0, 0.05) is 12.1 Å². The Balaban J connectivity index is 1.64. The van der Waals surface area contributed by atoms with Crippen molar-refractivity contribution >= 4 is 0 Å². The summed E-state index contributed by atoms with van der Waals surface area (Å²) in [5.74, 6) is 1.25. The van der Waals surface area contributed by atoms with Crippen molar-refractivity contribution in [2.24, 2.45) is 5.92 Å². The third-order valence-electron chi connectivity index (χ3n) is 5.28. The molecule has 0 bridgehead atoms. The monoisotopic (exact) mass is 273 g/mol. The van der Waals surface area contributed by atoms with E-state index in [9.17, 15) is 5.11 Å². The number of rotatable bonds is 3. The fraction of sp³-hybridized carbons (Fsp3) is 0.667. The maximum Gasteiger partial charge on any atom is 0.115 e. The van der Waals surface area contributed by atoms with Gasteiger partial charge in [-0.3, -0.25) is 0 Å². The lowest BCUT2D eigenvalue weighted by Crippen LogP contribution is -2.35. The molecule has 2 nitrogen and oxygen atoms in total. The maximum absolute atomic E-state index is 9.58. The molecule has 1 aromatic carbocycles. The van der Waals surface area contributed by atoms with Crippen LogP contribution in [0.2, 0.25) is 0 Å². The lowest BCUT2D eigenvalue weighted by molar-refractivity contribution is 0.309. The Kier molecular flexibility index (Phi) is 4.30. The van der Waals surface area contributed by atoms with Gasteiger partial charge in [-0.15, -0.1) is 0 Å². The number of phenolic OH excluding ortho intramolecular Hbond substituents is 1. The first-order valence-electron chi connectivity index (χ1n) is 8.32. The van der Waals surface area contributed by atoms with Gasteiger partial charge in [0.15, 0.2) is 0 Å². The van der Waals surface area contributed by atoms with Gasteiger partial charge >= 0.3 is 0 Å². The molecular weight excluding hydrogens is 246 g/mol. The van der Waals surface area contributed by atoms with Crippen LogP contribution in [0, 0.1) is 5.92 Å². The predicted molar refractivity (Wildman–Crippen MR) is 83.0 cm³/mol. The first kappa shape index (κ1) is 13.9. The quantitative estimate of drug-likeness (QED) is 0.803. The average molecular weight is 273 g/mol. The zero-order valence-corrected chi connectivity index (χ0v) is 12.6. The van der Waals surface area contributed by atoms with Crippen LogP contribution in [0.1, 0.15) is 69.0 Å². The third-order valence-corrected chi connectivity index (χ3v) is 5.28. The molecule has 0 aliphatic heterocycles. The standard InChI is InChI=1S/C18H27NO/c1-13(14-6-4-2-3-5-7-14)19-18-11-8-15-12-16(20)9-10-17(15)18/h9-10,12-14,18-20H,2-8,11H2,1H3/t13-,18?/m0/s1. The Bertz CT molecular complexity index is 449. The Morgan fingerprint density at radius 2 is 1.85 bits per heavy atom. The van der Waals surface area contributed by atoms with Crippen molar-refractivity contribution in [2.75, 3.05) is 0 Å². The van der Waals surface area contributed by atoms with Gasteiger partial charge in [0.25, 0.3) is 0 Å². The number of benzene rings is 1. The Morgan fingerprint density at radius 1 is 1.10 bits per heavy atom. The highest BCUT2D eigenvalue weighted by Crippen LogP contribution is 2.35. The van der Waals surface area contributed by atoms with Crippen LogP contribution in [0.15, 0.2) is 18.2 Å². The van der Waals surface area contributed by atoms with Crippen LogP contribution in [-0.4, -0.2) is 11.1 Å². The average Bonchev–Trinajstić information content (AvgIpc) is 2.66. The van der Waals surface area contributed by atoms with Crippen LogP contribution in [0.3, 0.4) is 0 Å². The zero-order chi connectivity index (χ0) is 13.9. The van der Waals surface area contributed by atoms with E-state index in [-0.39, 0.29) is 0 Å². The lowest BCUT2D eigenvalue weighted by atomic mass is 9.92. The van der Waals surface area contributed by atoms with Gasteiger partial charge in [-0.1, -0.05) is 31.7 Å². The molecule has 110 valence electrons. The molecule has 0 saturated heterocycles. The molecule has 2 aliphatic carbocycles. The molecule has 0 radical (unpaired) electrons. The molecule has 2 heteroatoms. The molecule has 1 fully saturated rings. The van der Waals surface area contributed by atoms with Crippen molar-refractivity contribution < 1.29 is 5.11 Å². The Morgan fingerprint density at radius 3 is 2.60 bits per heavy atom. The maximum atomic E-state index is 9.58. The summed E-state index contributed by atoms with van der Waals surface area (Å²) in [7, 11) is 0. The molecule has 2 aliphatic rings. The van der Waals surface area contributed by atoms with Crippen LogP contribution in [0.4, 0.5) is 0 Å². The number of hydrogen-bond donors (Lipinski definition) is 2. The molecular formula is C18H27NO. The second-order valence-electron chi connectivity index (χ2n) is 6.68. The minimum absolute atomic E-state index is 0.404. The van der Waals surface area contributed by atoms with E-state index in [1.165, 1.54) is 56.1 Å². The highest BCUT2D eigenvalue weighted by atomic mass is 16.3. The van der Waals surface area contributed by atoms with Crippen LogP contribution in [-0.2, 0) is 6.42 Å². The summed E-state index contributed by atoms with van der Waals surface area (Å²) in [6.45, 7) is 2.37. The Labute approximate surface area is 122 Å². The SMILES string of the molecule is C[C@H](NC1CCc2cc(O)ccc21)C1CCCCCC1. The summed E-state index contributed by atoms with van der Waals surface area (Å²) in [6.07, 6.45) is 10.7.